The van der Waals surface area contributed by atoms with Crippen LogP contribution < -0.4 is 0 Å². The first-order chi connectivity index (χ1) is 4.01. The lowest BCUT2D eigenvalue weighted by atomic mass is 10.3. The van der Waals surface area contributed by atoms with Crippen LogP contribution in [0.15, 0.2) is 4.99 Å². The largest absolute Gasteiger partial charge is 0.276 e. The number of rotatable bonds is 0. The minimum absolute atomic E-state index is 0.142. The van der Waals surface area contributed by atoms with Crippen LogP contribution in [0, 0.1) is 0 Å². The van der Waals surface area contributed by atoms with Crippen LogP contribution in [0.4, 0.5) is 0 Å². The molecule has 1 aliphatic heterocycles. The summed E-state index contributed by atoms with van der Waals surface area (Å²) in [6.07, 6.45) is 0. The molecule has 0 aromatic carbocycles. The Kier molecular flexibility index (Phi) is 1.59. The molecule has 1 unspecified atom stereocenters. The van der Waals surface area contributed by atoms with Crippen LogP contribution in [0.25, 0.3) is 0 Å². The minimum atomic E-state index is 0.142. The number of aliphatic imine (C=N–C) groups is 1. The summed E-state index contributed by atoms with van der Waals surface area (Å²) < 4.78 is 0. The molecule has 1 aliphatic rings. The average molecular weight is 143 g/mol. The quantitative estimate of drug-likeness (QED) is 0.507. The van der Waals surface area contributed by atoms with Crippen molar-refractivity contribution in [3.63, 3.8) is 0 Å². The standard InChI is InChI=1S/C7H13NS/c1-5-6(2)9-7(3,4)8-5/h6H,1-4H3. The second kappa shape index (κ2) is 2.01. The Bertz CT molecular complexity index is 149. The van der Waals surface area contributed by atoms with Crippen molar-refractivity contribution in [3.05, 3.63) is 0 Å². The Morgan fingerprint density at radius 1 is 1.56 bits per heavy atom. The third kappa shape index (κ3) is 1.48. The van der Waals surface area contributed by atoms with Gasteiger partial charge in [0, 0.05) is 11.0 Å². The normalized spacial score (nSPS) is 32.4. The van der Waals surface area contributed by atoms with Crippen LogP contribution >= 0.6 is 11.8 Å². The molecule has 0 spiro atoms. The molecule has 1 heterocycles. The van der Waals surface area contributed by atoms with Gasteiger partial charge in [-0.2, -0.15) is 0 Å². The fourth-order valence-electron chi connectivity index (χ4n) is 1.06. The minimum Gasteiger partial charge on any atom is -0.276 e. The van der Waals surface area contributed by atoms with Crippen LogP contribution in [-0.2, 0) is 0 Å². The third-order valence-electron chi connectivity index (χ3n) is 1.50. The maximum atomic E-state index is 4.48. The maximum absolute atomic E-state index is 4.48. The Hall–Kier alpha value is 0.0200. The summed E-state index contributed by atoms with van der Waals surface area (Å²) in [7, 11) is 0. The van der Waals surface area contributed by atoms with Gasteiger partial charge in [-0.3, -0.25) is 4.99 Å². The lowest BCUT2D eigenvalue weighted by molar-refractivity contribution is 0.773. The van der Waals surface area contributed by atoms with Crippen molar-refractivity contribution in [2.24, 2.45) is 4.99 Å². The topological polar surface area (TPSA) is 12.4 Å². The summed E-state index contributed by atoms with van der Waals surface area (Å²) in [4.78, 5) is 4.62. The molecule has 0 aromatic rings. The molecule has 0 bridgehead atoms. The van der Waals surface area contributed by atoms with E-state index in [4.69, 9.17) is 0 Å². The molecule has 0 radical (unpaired) electrons. The Labute approximate surface area is 60.9 Å². The zero-order valence-corrected chi connectivity index (χ0v) is 7.25. The van der Waals surface area contributed by atoms with E-state index in [2.05, 4.69) is 32.7 Å². The summed E-state index contributed by atoms with van der Waals surface area (Å²) in [5.41, 5.74) is 1.28. The van der Waals surface area contributed by atoms with E-state index in [1.165, 1.54) is 5.71 Å². The zero-order valence-electron chi connectivity index (χ0n) is 6.43. The second-order valence-corrected chi connectivity index (χ2v) is 4.90. The van der Waals surface area contributed by atoms with E-state index in [-0.39, 0.29) is 4.87 Å². The number of hydrogen-bond donors (Lipinski definition) is 0. The molecule has 1 atom stereocenters. The van der Waals surface area contributed by atoms with Crippen LogP contribution in [-0.4, -0.2) is 15.8 Å². The number of nitrogens with zero attached hydrogens (tertiary/aromatic N) is 1. The highest BCUT2D eigenvalue weighted by Gasteiger charge is 2.28. The highest BCUT2D eigenvalue weighted by Crippen LogP contribution is 2.36. The molecule has 0 N–H and O–H groups in total. The summed E-state index contributed by atoms with van der Waals surface area (Å²) in [6, 6.07) is 0. The molecular formula is C7H13NS. The maximum Gasteiger partial charge on any atom is 0.101 e. The molecule has 1 rings (SSSR count). The van der Waals surface area contributed by atoms with Gasteiger partial charge in [-0.25, -0.2) is 0 Å². The fourth-order valence-corrected chi connectivity index (χ4v) is 2.35. The summed E-state index contributed by atoms with van der Waals surface area (Å²) in [5.74, 6) is 0. The molecule has 0 aliphatic carbocycles. The molecular weight excluding hydrogens is 130 g/mol. The lowest BCUT2D eigenvalue weighted by Gasteiger charge is -2.12. The van der Waals surface area contributed by atoms with Gasteiger partial charge in [-0.1, -0.05) is 0 Å². The molecule has 1 nitrogen and oxygen atoms in total. The van der Waals surface area contributed by atoms with Gasteiger partial charge < -0.3 is 0 Å². The van der Waals surface area contributed by atoms with E-state index in [0.717, 1.165) is 0 Å². The number of hydrogen-bond acceptors (Lipinski definition) is 2. The van der Waals surface area contributed by atoms with E-state index in [0.29, 0.717) is 5.25 Å². The van der Waals surface area contributed by atoms with Gasteiger partial charge in [0.15, 0.2) is 0 Å². The molecule has 9 heavy (non-hydrogen) atoms. The smallest absolute Gasteiger partial charge is 0.101 e. The van der Waals surface area contributed by atoms with Crippen LogP contribution in [0.5, 0.6) is 0 Å². The average Bonchev–Trinajstić information content (AvgIpc) is 1.79. The summed E-state index contributed by atoms with van der Waals surface area (Å²) >= 11 is 1.93. The molecule has 0 saturated carbocycles. The SMILES string of the molecule is CC1=NC(C)(C)SC1C. The Balaban J connectivity index is 2.74. The Morgan fingerprint density at radius 2 is 2.11 bits per heavy atom. The van der Waals surface area contributed by atoms with Crippen molar-refractivity contribution in [1.82, 2.24) is 0 Å². The second-order valence-electron chi connectivity index (χ2n) is 2.96. The van der Waals surface area contributed by atoms with Crippen molar-refractivity contribution in [2.45, 2.75) is 37.8 Å². The van der Waals surface area contributed by atoms with Crippen molar-refractivity contribution in [2.75, 3.05) is 0 Å². The van der Waals surface area contributed by atoms with Gasteiger partial charge >= 0.3 is 0 Å². The van der Waals surface area contributed by atoms with Crippen molar-refractivity contribution in [1.29, 1.82) is 0 Å². The molecule has 0 amide bonds. The van der Waals surface area contributed by atoms with E-state index in [1.54, 1.807) is 0 Å². The number of thioether (sulfide) groups is 1. The van der Waals surface area contributed by atoms with Crippen molar-refractivity contribution < 1.29 is 0 Å². The highest BCUT2D eigenvalue weighted by molar-refractivity contribution is 8.02. The summed E-state index contributed by atoms with van der Waals surface area (Å²) in [6.45, 7) is 8.62. The van der Waals surface area contributed by atoms with Gasteiger partial charge in [0.25, 0.3) is 0 Å². The van der Waals surface area contributed by atoms with Crippen molar-refractivity contribution >= 4 is 17.5 Å². The molecule has 0 fully saturated rings. The molecule has 0 aromatic heterocycles. The van der Waals surface area contributed by atoms with Gasteiger partial charge in [-0.05, 0) is 27.7 Å². The van der Waals surface area contributed by atoms with Gasteiger partial charge in [0.05, 0.1) is 0 Å². The monoisotopic (exact) mass is 143 g/mol. The first kappa shape index (κ1) is 7.13. The van der Waals surface area contributed by atoms with E-state index in [9.17, 15) is 0 Å². The summed E-state index contributed by atoms with van der Waals surface area (Å²) in [5, 5.41) is 0.625. The van der Waals surface area contributed by atoms with Crippen LogP contribution in [0.1, 0.15) is 27.7 Å². The predicted octanol–water partition coefficient (Wildman–Crippen LogP) is 2.32. The van der Waals surface area contributed by atoms with Crippen molar-refractivity contribution in [3.8, 4) is 0 Å². The fraction of sp³-hybridized carbons (Fsp3) is 0.857. The van der Waals surface area contributed by atoms with E-state index < -0.39 is 0 Å². The Morgan fingerprint density at radius 3 is 2.22 bits per heavy atom. The van der Waals surface area contributed by atoms with Crippen LogP contribution in [0.3, 0.4) is 0 Å². The highest BCUT2D eigenvalue weighted by atomic mass is 32.2. The van der Waals surface area contributed by atoms with Gasteiger partial charge in [0.1, 0.15) is 4.87 Å². The van der Waals surface area contributed by atoms with E-state index in [1.807, 2.05) is 11.8 Å². The van der Waals surface area contributed by atoms with Gasteiger partial charge in [-0.15, -0.1) is 11.8 Å². The lowest BCUT2D eigenvalue weighted by Crippen LogP contribution is -2.06. The van der Waals surface area contributed by atoms with Gasteiger partial charge in [0.2, 0.25) is 0 Å². The predicted molar refractivity (Wildman–Crippen MR) is 44.2 cm³/mol. The molecule has 0 saturated heterocycles. The molecule has 52 valence electrons. The first-order valence-electron chi connectivity index (χ1n) is 3.25. The third-order valence-corrected chi connectivity index (χ3v) is 2.86. The first-order valence-corrected chi connectivity index (χ1v) is 4.13. The molecule has 2 heteroatoms. The van der Waals surface area contributed by atoms with E-state index >= 15 is 0 Å². The van der Waals surface area contributed by atoms with Crippen LogP contribution in [0.2, 0.25) is 0 Å². The zero-order chi connectivity index (χ0) is 7.07.